The summed E-state index contributed by atoms with van der Waals surface area (Å²) >= 11 is 0. The molecule has 0 spiro atoms. The highest BCUT2D eigenvalue weighted by atomic mass is 16.5. The Hall–Kier alpha value is -3.22. The molecule has 0 radical (unpaired) electrons. The Kier molecular flexibility index (Phi) is 5.80. The number of aromatic nitrogens is 3. The van der Waals surface area contributed by atoms with Gasteiger partial charge in [-0.05, 0) is 29.8 Å². The average molecular weight is 365 g/mol. The number of pyridine rings is 1. The zero-order valence-corrected chi connectivity index (χ0v) is 15.8. The summed E-state index contributed by atoms with van der Waals surface area (Å²) in [4.78, 5) is 24.5. The van der Waals surface area contributed by atoms with E-state index in [0.717, 1.165) is 16.8 Å². The fourth-order valence-electron chi connectivity index (χ4n) is 2.64. The smallest absolute Gasteiger partial charge is 0.227 e. The second kappa shape index (κ2) is 8.44. The van der Waals surface area contributed by atoms with Crippen LogP contribution in [-0.2, 0) is 17.8 Å². The minimum Gasteiger partial charge on any atom is -0.378 e. The SMILES string of the molecule is CN(Cc1ccc(N(C)C)cc1)C(=O)CCc1nc(-c2ccncc2)no1. The molecule has 3 rings (SSSR count). The van der Waals surface area contributed by atoms with Gasteiger partial charge in [0, 0.05) is 64.2 Å². The Morgan fingerprint density at radius 2 is 1.74 bits per heavy atom. The number of nitrogens with zero attached hydrogens (tertiary/aromatic N) is 5. The molecule has 0 bridgehead atoms. The maximum Gasteiger partial charge on any atom is 0.227 e. The summed E-state index contributed by atoms with van der Waals surface area (Å²) in [6.45, 7) is 0.568. The third-order valence-electron chi connectivity index (χ3n) is 4.26. The van der Waals surface area contributed by atoms with Gasteiger partial charge in [0.2, 0.25) is 17.6 Å². The van der Waals surface area contributed by atoms with E-state index in [1.54, 1.807) is 24.3 Å². The highest BCUT2D eigenvalue weighted by Crippen LogP contribution is 2.16. The van der Waals surface area contributed by atoms with Crippen LogP contribution in [0.1, 0.15) is 17.9 Å². The molecule has 0 saturated carbocycles. The molecule has 0 atom stereocenters. The summed E-state index contributed by atoms with van der Waals surface area (Å²) in [5.41, 5.74) is 3.06. The topological polar surface area (TPSA) is 75.4 Å². The summed E-state index contributed by atoms with van der Waals surface area (Å²) in [7, 11) is 5.81. The van der Waals surface area contributed by atoms with Crippen molar-refractivity contribution in [3.63, 3.8) is 0 Å². The third kappa shape index (κ3) is 4.91. The minimum absolute atomic E-state index is 0.0374. The largest absolute Gasteiger partial charge is 0.378 e. The van der Waals surface area contributed by atoms with Gasteiger partial charge in [0.1, 0.15) is 0 Å². The molecule has 0 aliphatic rings. The van der Waals surface area contributed by atoms with Gasteiger partial charge in [0.25, 0.3) is 0 Å². The Bertz CT molecular complexity index is 875. The summed E-state index contributed by atoms with van der Waals surface area (Å²) < 4.78 is 5.25. The Morgan fingerprint density at radius 1 is 1.04 bits per heavy atom. The predicted octanol–water partition coefficient (Wildman–Crippen LogP) is 2.79. The third-order valence-corrected chi connectivity index (χ3v) is 4.26. The fraction of sp³-hybridized carbons (Fsp3) is 0.300. The van der Waals surface area contributed by atoms with Gasteiger partial charge in [-0.1, -0.05) is 17.3 Å². The summed E-state index contributed by atoms with van der Waals surface area (Å²) in [6.07, 6.45) is 4.09. The zero-order valence-electron chi connectivity index (χ0n) is 15.8. The number of carbonyl (C=O) groups is 1. The van der Waals surface area contributed by atoms with Crippen molar-refractivity contribution >= 4 is 11.6 Å². The monoisotopic (exact) mass is 365 g/mol. The first-order valence-electron chi connectivity index (χ1n) is 8.76. The lowest BCUT2D eigenvalue weighted by molar-refractivity contribution is -0.130. The zero-order chi connectivity index (χ0) is 19.2. The van der Waals surface area contributed by atoms with Crippen molar-refractivity contribution in [1.82, 2.24) is 20.0 Å². The van der Waals surface area contributed by atoms with Crippen molar-refractivity contribution < 1.29 is 9.32 Å². The standard InChI is InChI=1S/C20H23N5O2/c1-24(2)17-6-4-15(5-7-17)14-25(3)19(26)9-8-18-22-20(23-27-18)16-10-12-21-13-11-16/h4-7,10-13H,8-9,14H2,1-3H3. The van der Waals surface area contributed by atoms with Gasteiger partial charge < -0.3 is 14.3 Å². The predicted molar refractivity (Wildman–Crippen MR) is 103 cm³/mol. The maximum atomic E-state index is 12.4. The van der Waals surface area contributed by atoms with E-state index in [1.165, 1.54) is 0 Å². The number of rotatable bonds is 7. The average Bonchev–Trinajstić information content (AvgIpc) is 3.16. The Labute approximate surface area is 158 Å². The Balaban J connectivity index is 1.52. The molecule has 7 nitrogen and oxygen atoms in total. The number of carbonyl (C=O) groups excluding carboxylic acids is 1. The van der Waals surface area contributed by atoms with Crippen LogP contribution in [0, 0.1) is 0 Å². The highest BCUT2D eigenvalue weighted by Gasteiger charge is 2.13. The number of benzene rings is 1. The van der Waals surface area contributed by atoms with E-state index in [2.05, 4.69) is 15.1 Å². The molecule has 0 unspecified atom stereocenters. The molecule has 0 aliphatic carbocycles. The van der Waals surface area contributed by atoms with Gasteiger partial charge >= 0.3 is 0 Å². The molecule has 2 aromatic heterocycles. The van der Waals surface area contributed by atoms with Crippen LogP contribution in [0.4, 0.5) is 5.69 Å². The number of anilines is 1. The van der Waals surface area contributed by atoms with E-state index in [4.69, 9.17) is 4.52 Å². The molecule has 0 aliphatic heterocycles. The fourth-order valence-corrected chi connectivity index (χ4v) is 2.64. The van der Waals surface area contributed by atoms with E-state index in [9.17, 15) is 4.79 Å². The quantitative estimate of drug-likeness (QED) is 0.641. The van der Waals surface area contributed by atoms with Crippen LogP contribution >= 0.6 is 0 Å². The van der Waals surface area contributed by atoms with Crippen molar-refractivity contribution in [2.75, 3.05) is 26.0 Å². The molecule has 0 N–H and O–H groups in total. The van der Waals surface area contributed by atoms with E-state index in [1.807, 2.05) is 55.4 Å². The molecule has 2 heterocycles. The van der Waals surface area contributed by atoms with Crippen LogP contribution < -0.4 is 4.90 Å². The molecule has 140 valence electrons. The lowest BCUT2D eigenvalue weighted by atomic mass is 10.2. The maximum absolute atomic E-state index is 12.4. The van der Waals surface area contributed by atoms with E-state index < -0.39 is 0 Å². The molecule has 3 aromatic rings. The molecule has 1 amide bonds. The lowest BCUT2D eigenvalue weighted by Gasteiger charge is -2.18. The van der Waals surface area contributed by atoms with Crippen molar-refractivity contribution in [3.05, 3.63) is 60.2 Å². The first-order chi connectivity index (χ1) is 13.0. The first kappa shape index (κ1) is 18.6. The molecular formula is C20H23N5O2. The summed E-state index contributed by atoms with van der Waals surface area (Å²) in [6, 6.07) is 11.8. The van der Waals surface area contributed by atoms with Gasteiger partial charge in [0.15, 0.2) is 0 Å². The van der Waals surface area contributed by atoms with Crippen molar-refractivity contribution in [3.8, 4) is 11.4 Å². The van der Waals surface area contributed by atoms with Crippen molar-refractivity contribution in [2.45, 2.75) is 19.4 Å². The molecule has 0 fully saturated rings. The van der Waals surface area contributed by atoms with Gasteiger partial charge in [0.05, 0.1) is 0 Å². The van der Waals surface area contributed by atoms with E-state index in [-0.39, 0.29) is 5.91 Å². The molecule has 0 saturated heterocycles. The van der Waals surface area contributed by atoms with E-state index in [0.29, 0.717) is 31.1 Å². The second-order valence-electron chi connectivity index (χ2n) is 6.56. The molecule has 1 aromatic carbocycles. The van der Waals surface area contributed by atoms with Crippen LogP contribution in [0.15, 0.2) is 53.3 Å². The second-order valence-corrected chi connectivity index (χ2v) is 6.56. The summed E-state index contributed by atoms with van der Waals surface area (Å²) in [5, 5.41) is 3.96. The first-order valence-corrected chi connectivity index (χ1v) is 8.76. The highest BCUT2D eigenvalue weighted by molar-refractivity contribution is 5.76. The van der Waals surface area contributed by atoms with Crippen LogP contribution in [-0.4, -0.2) is 47.1 Å². The number of aryl methyl sites for hydroxylation is 1. The normalized spacial score (nSPS) is 10.6. The Morgan fingerprint density at radius 3 is 2.41 bits per heavy atom. The molecule has 7 heteroatoms. The number of amides is 1. The van der Waals surface area contributed by atoms with E-state index >= 15 is 0 Å². The number of hydrogen-bond acceptors (Lipinski definition) is 6. The van der Waals surface area contributed by atoms with Gasteiger partial charge in [-0.3, -0.25) is 9.78 Å². The van der Waals surface area contributed by atoms with Crippen molar-refractivity contribution in [1.29, 1.82) is 0 Å². The summed E-state index contributed by atoms with van der Waals surface area (Å²) in [5.74, 6) is 1.00. The van der Waals surface area contributed by atoms with Gasteiger partial charge in [-0.2, -0.15) is 4.98 Å². The van der Waals surface area contributed by atoms with Crippen LogP contribution in [0.5, 0.6) is 0 Å². The molecular weight excluding hydrogens is 342 g/mol. The lowest BCUT2D eigenvalue weighted by Crippen LogP contribution is -2.26. The van der Waals surface area contributed by atoms with Crippen LogP contribution in [0.2, 0.25) is 0 Å². The van der Waals surface area contributed by atoms with Crippen LogP contribution in [0.25, 0.3) is 11.4 Å². The van der Waals surface area contributed by atoms with Gasteiger partial charge in [-0.25, -0.2) is 0 Å². The van der Waals surface area contributed by atoms with Gasteiger partial charge in [-0.15, -0.1) is 0 Å². The minimum atomic E-state index is 0.0374. The number of hydrogen-bond donors (Lipinski definition) is 0. The van der Waals surface area contributed by atoms with Crippen LogP contribution in [0.3, 0.4) is 0 Å². The van der Waals surface area contributed by atoms with Crippen molar-refractivity contribution in [2.24, 2.45) is 0 Å². The molecule has 27 heavy (non-hydrogen) atoms.